The summed E-state index contributed by atoms with van der Waals surface area (Å²) >= 11 is 6.48. The third-order valence-corrected chi connectivity index (χ3v) is 5.37. The van der Waals surface area contributed by atoms with Gasteiger partial charge in [0.05, 0.1) is 0 Å². The van der Waals surface area contributed by atoms with Crippen LogP contribution in [0.4, 0.5) is 0 Å². The maximum atomic E-state index is 6.48. The average Bonchev–Trinajstić information content (AvgIpc) is 2.68. The fourth-order valence-corrected chi connectivity index (χ4v) is 3.85. The Kier molecular flexibility index (Phi) is 7.54. The molecule has 154 valence electrons. The zero-order chi connectivity index (χ0) is 20.8. The van der Waals surface area contributed by atoms with Gasteiger partial charge in [-0.1, -0.05) is 48.0 Å². The van der Waals surface area contributed by atoms with Crippen LogP contribution in [0.5, 0.6) is 5.75 Å². The van der Waals surface area contributed by atoms with E-state index < -0.39 is 0 Å². The predicted molar refractivity (Wildman–Crippen MR) is 125 cm³/mol. The maximum absolute atomic E-state index is 6.48. The number of hydrogen-bond acceptors (Lipinski definition) is 3. The molecule has 0 saturated heterocycles. The van der Waals surface area contributed by atoms with E-state index in [0.717, 1.165) is 53.4 Å². The Bertz CT molecular complexity index is 899. The summed E-state index contributed by atoms with van der Waals surface area (Å²) in [5, 5.41) is 0.765. The molecule has 0 aromatic heterocycles. The van der Waals surface area contributed by atoms with Crippen LogP contribution in [0.2, 0.25) is 5.02 Å². The summed E-state index contributed by atoms with van der Waals surface area (Å²) in [4.78, 5) is 4.37. The first-order valence-corrected chi connectivity index (χ1v) is 10.5. The van der Waals surface area contributed by atoms with Crippen molar-refractivity contribution in [3.05, 3.63) is 70.8 Å². The second kappa shape index (κ2) is 10.1. The highest BCUT2D eigenvalue weighted by Gasteiger charge is 2.17. The first-order chi connectivity index (χ1) is 14.0. The normalized spacial score (nSPS) is 14.2. The molecule has 1 aliphatic rings. The molecule has 0 amide bonds. The van der Waals surface area contributed by atoms with Crippen LogP contribution in [0, 0.1) is 0 Å². The molecule has 0 aliphatic heterocycles. The molecule has 0 heterocycles. The second-order valence-electron chi connectivity index (χ2n) is 8.04. The van der Waals surface area contributed by atoms with Gasteiger partial charge in [0.1, 0.15) is 12.4 Å². The van der Waals surface area contributed by atoms with Crippen molar-refractivity contribution in [2.24, 2.45) is 0 Å². The number of likely N-dealkylation sites (N-methyl/N-ethyl adjacent to an activating group) is 2. The zero-order valence-electron chi connectivity index (χ0n) is 17.9. The lowest BCUT2D eigenvalue weighted by Gasteiger charge is -2.22. The molecule has 3 rings (SSSR count). The molecule has 0 spiro atoms. The summed E-state index contributed by atoms with van der Waals surface area (Å²) in [6.45, 7) is 2.49. The standard InChI is InChI=1S/C25H31ClN2O/c1-27(2)15-16-29-25-14-13-19(22-11-7-8-12-24(22)26)17-23(25)21-10-6-5-9-20(21)18-28(3)4/h6-8,10-14,17H,5,9,15-16,18H2,1-4H3. The largest absolute Gasteiger partial charge is 0.492 e. The van der Waals surface area contributed by atoms with Crippen molar-refractivity contribution in [1.29, 1.82) is 0 Å². The van der Waals surface area contributed by atoms with Crippen LogP contribution < -0.4 is 4.74 Å². The minimum Gasteiger partial charge on any atom is -0.492 e. The van der Waals surface area contributed by atoms with E-state index in [2.05, 4.69) is 74.4 Å². The molecule has 4 heteroatoms. The molecule has 1 aliphatic carbocycles. The minimum atomic E-state index is 0.658. The molecule has 29 heavy (non-hydrogen) atoms. The van der Waals surface area contributed by atoms with Crippen molar-refractivity contribution in [2.75, 3.05) is 47.9 Å². The molecule has 0 unspecified atom stereocenters. The Morgan fingerprint density at radius 1 is 0.966 bits per heavy atom. The van der Waals surface area contributed by atoms with Crippen LogP contribution in [-0.2, 0) is 0 Å². The molecule has 0 radical (unpaired) electrons. The van der Waals surface area contributed by atoms with Gasteiger partial charge in [-0.2, -0.15) is 0 Å². The van der Waals surface area contributed by atoms with Crippen LogP contribution in [-0.4, -0.2) is 57.7 Å². The van der Waals surface area contributed by atoms with Gasteiger partial charge in [-0.15, -0.1) is 0 Å². The third kappa shape index (κ3) is 5.72. The van der Waals surface area contributed by atoms with Gasteiger partial charge in [0.15, 0.2) is 0 Å². The van der Waals surface area contributed by atoms with Crippen LogP contribution in [0.3, 0.4) is 0 Å². The molecule has 0 atom stereocenters. The number of hydrogen-bond donors (Lipinski definition) is 0. The highest BCUT2D eigenvalue weighted by molar-refractivity contribution is 6.33. The zero-order valence-corrected chi connectivity index (χ0v) is 18.7. The SMILES string of the molecule is CN(C)CCOc1ccc(-c2ccccc2Cl)cc1C1=C(CN(C)C)CCC=C1. The molecule has 2 aromatic carbocycles. The van der Waals surface area contributed by atoms with Gasteiger partial charge in [0.25, 0.3) is 0 Å². The Morgan fingerprint density at radius 3 is 2.48 bits per heavy atom. The molecular weight excluding hydrogens is 380 g/mol. The smallest absolute Gasteiger partial charge is 0.127 e. The molecule has 0 N–H and O–H groups in total. The van der Waals surface area contributed by atoms with Crippen molar-refractivity contribution >= 4 is 17.2 Å². The first kappa shape index (κ1) is 21.6. The minimum absolute atomic E-state index is 0.658. The fraction of sp³-hybridized carbons (Fsp3) is 0.360. The topological polar surface area (TPSA) is 15.7 Å². The molecule has 0 saturated carbocycles. The number of halogens is 1. The molecule has 0 bridgehead atoms. The maximum Gasteiger partial charge on any atom is 0.127 e. The van der Waals surface area contributed by atoms with Crippen molar-refractivity contribution in [1.82, 2.24) is 9.80 Å². The Hall–Kier alpha value is -2.07. The number of benzene rings is 2. The number of allylic oxidation sites excluding steroid dienone is 3. The van der Waals surface area contributed by atoms with Gasteiger partial charge in [-0.3, -0.25) is 0 Å². The van der Waals surface area contributed by atoms with Gasteiger partial charge in [-0.05, 0) is 75.9 Å². The third-order valence-electron chi connectivity index (χ3n) is 5.04. The second-order valence-corrected chi connectivity index (χ2v) is 8.45. The van der Waals surface area contributed by atoms with E-state index in [1.165, 1.54) is 11.1 Å². The fourth-order valence-electron chi connectivity index (χ4n) is 3.60. The molecular formula is C25H31ClN2O. The summed E-state index contributed by atoms with van der Waals surface area (Å²) in [6.07, 6.45) is 6.69. The lowest BCUT2D eigenvalue weighted by atomic mass is 9.89. The van der Waals surface area contributed by atoms with E-state index in [1.807, 2.05) is 18.2 Å². The number of ether oxygens (including phenoxy) is 1. The van der Waals surface area contributed by atoms with Gasteiger partial charge in [0.2, 0.25) is 0 Å². The average molecular weight is 411 g/mol. The summed E-state index contributed by atoms with van der Waals surface area (Å²) in [5.41, 5.74) is 6.03. The van der Waals surface area contributed by atoms with E-state index in [0.29, 0.717) is 6.61 Å². The van der Waals surface area contributed by atoms with Gasteiger partial charge in [0, 0.05) is 29.2 Å². The summed E-state index contributed by atoms with van der Waals surface area (Å²) < 4.78 is 6.22. The van der Waals surface area contributed by atoms with E-state index in [9.17, 15) is 0 Å². The quantitative estimate of drug-likeness (QED) is 0.562. The van der Waals surface area contributed by atoms with E-state index in [4.69, 9.17) is 16.3 Å². The Balaban J connectivity index is 2.07. The Labute approximate surface area is 180 Å². The van der Waals surface area contributed by atoms with Crippen molar-refractivity contribution in [2.45, 2.75) is 12.8 Å². The summed E-state index contributed by atoms with van der Waals surface area (Å²) in [5.74, 6) is 0.931. The molecule has 0 fully saturated rings. The Morgan fingerprint density at radius 2 is 1.76 bits per heavy atom. The van der Waals surface area contributed by atoms with Crippen molar-refractivity contribution in [3.8, 4) is 16.9 Å². The number of rotatable bonds is 8. The molecule has 2 aromatic rings. The highest BCUT2D eigenvalue weighted by Crippen LogP contribution is 2.38. The van der Waals surface area contributed by atoms with Crippen LogP contribution in [0.15, 0.2) is 60.2 Å². The molecule has 3 nitrogen and oxygen atoms in total. The van der Waals surface area contributed by atoms with Crippen LogP contribution >= 0.6 is 11.6 Å². The summed E-state index contributed by atoms with van der Waals surface area (Å²) in [7, 11) is 8.37. The summed E-state index contributed by atoms with van der Waals surface area (Å²) in [6, 6.07) is 14.4. The highest BCUT2D eigenvalue weighted by atomic mass is 35.5. The van der Waals surface area contributed by atoms with Crippen molar-refractivity contribution < 1.29 is 4.74 Å². The van der Waals surface area contributed by atoms with Crippen LogP contribution in [0.25, 0.3) is 16.7 Å². The van der Waals surface area contributed by atoms with Crippen LogP contribution in [0.1, 0.15) is 18.4 Å². The van der Waals surface area contributed by atoms with E-state index in [-0.39, 0.29) is 0 Å². The lowest BCUT2D eigenvalue weighted by Crippen LogP contribution is -2.20. The van der Waals surface area contributed by atoms with E-state index >= 15 is 0 Å². The van der Waals surface area contributed by atoms with Gasteiger partial charge >= 0.3 is 0 Å². The predicted octanol–water partition coefficient (Wildman–Crippen LogP) is 5.61. The van der Waals surface area contributed by atoms with Gasteiger partial charge in [-0.25, -0.2) is 0 Å². The van der Waals surface area contributed by atoms with Crippen molar-refractivity contribution in [3.63, 3.8) is 0 Å². The monoisotopic (exact) mass is 410 g/mol. The number of nitrogens with zero attached hydrogens (tertiary/aromatic N) is 2. The lowest BCUT2D eigenvalue weighted by molar-refractivity contribution is 0.261. The first-order valence-electron chi connectivity index (χ1n) is 10.2. The van der Waals surface area contributed by atoms with Gasteiger partial charge < -0.3 is 14.5 Å². The van der Waals surface area contributed by atoms with E-state index in [1.54, 1.807) is 0 Å².